The van der Waals surface area contributed by atoms with Gasteiger partial charge in [0, 0.05) is 5.54 Å². The second-order valence-electron chi connectivity index (χ2n) is 6.40. The number of hydrogen-bond acceptors (Lipinski definition) is 3. The fourth-order valence-corrected chi connectivity index (χ4v) is 1.81. The molecule has 0 spiro atoms. The molecule has 1 aromatic rings. The number of nitrogens with one attached hydrogen (secondary N) is 3. The van der Waals surface area contributed by atoms with E-state index in [4.69, 9.17) is 4.74 Å². The zero-order chi connectivity index (χ0) is 17.5. The zero-order valence-corrected chi connectivity index (χ0v) is 14.5. The highest BCUT2D eigenvalue weighted by molar-refractivity contribution is 5.94. The highest BCUT2D eigenvalue weighted by atomic mass is 16.5. The molecule has 0 saturated heterocycles. The first kappa shape index (κ1) is 18.8. The molecule has 6 heteroatoms. The normalized spacial score (nSPS) is 12.2. The number of hydrogen-bond donors (Lipinski definition) is 3. The Morgan fingerprint density at radius 2 is 1.87 bits per heavy atom. The Labute approximate surface area is 138 Å². The van der Waals surface area contributed by atoms with Gasteiger partial charge in [-0.15, -0.1) is 0 Å². The van der Waals surface area contributed by atoms with Crippen LogP contribution in [-0.2, 0) is 4.79 Å². The third kappa shape index (κ3) is 7.04. The summed E-state index contributed by atoms with van der Waals surface area (Å²) >= 11 is 0. The molecule has 6 nitrogen and oxygen atoms in total. The van der Waals surface area contributed by atoms with Gasteiger partial charge in [0.15, 0.2) is 0 Å². The molecular weight excluding hydrogens is 294 g/mol. The third-order valence-electron chi connectivity index (χ3n) is 2.84. The molecule has 3 N–H and O–H groups in total. The predicted octanol–water partition coefficient (Wildman–Crippen LogP) is 2.90. The van der Waals surface area contributed by atoms with Gasteiger partial charge in [-0.25, -0.2) is 4.79 Å². The Balaban J connectivity index is 2.61. The summed E-state index contributed by atoms with van der Waals surface area (Å²) < 4.78 is 5.58. The van der Waals surface area contributed by atoms with Gasteiger partial charge >= 0.3 is 6.03 Å². The number of para-hydroxylation sites is 2. The summed E-state index contributed by atoms with van der Waals surface area (Å²) in [6, 6.07) is 6.11. The van der Waals surface area contributed by atoms with E-state index in [1.165, 1.54) is 0 Å². The lowest BCUT2D eigenvalue weighted by atomic mass is 10.1. The number of carbonyl (C=O) groups is 2. The first-order valence-corrected chi connectivity index (χ1v) is 7.84. The van der Waals surface area contributed by atoms with E-state index in [1.54, 1.807) is 19.1 Å². The number of urea groups is 1. The van der Waals surface area contributed by atoms with E-state index < -0.39 is 12.1 Å². The van der Waals surface area contributed by atoms with Crippen molar-refractivity contribution in [1.82, 2.24) is 10.6 Å². The van der Waals surface area contributed by atoms with Crippen molar-refractivity contribution in [2.45, 2.75) is 52.6 Å². The molecule has 3 amide bonds. The second-order valence-corrected chi connectivity index (χ2v) is 6.40. The van der Waals surface area contributed by atoms with Crippen LogP contribution in [0.15, 0.2) is 24.3 Å². The van der Waals surface area contributed by atoms with Crippen molar-refractivity contribution >= 4 is 17.6 Å². The molecule has 0 aromatic heterocycles. The van der Waals surface area contributed by atoms with Crippen molar-refractivity contribution in [3.05, 3.63) is 24.3 Å². The van der Waals surface area contributed by atoms with Crippen LogP contribution in [0.5, 0.6) is 5.75 Å². The van der Waals surface area contributed by atoms with Gasteiger partial charge in [-0.05, 0) is 46.2 Å². The van der Waals surface area contributed by atoms with Gasteiger partial charge in [-0.1, -0.05) is 19.1 Å². The van der Waals surface area contributed by atoms with Crippen molar-refractivity contribution < 1.29 is 14.3 Å². The molecule has 0 aliphatic heterocycles. The van der Waals surface area contributed by atoms with E-state index in [0.29, 0.717) is 18.0 Å². The Hall–Kier alpha value is -2.24. The third-order valence-corrected chi connectivity index (χ3v) is 2.84. The van der Waals surface area contributed by atoms with Gasteiger partial charge in [-0.3, -0.25) is 4.79 Å². The van der Waals surface area contributed by atoms with E-state index >= 15 is 0 Å². The minimum absolute atomic E-state index is 0.233. The predicted molar refractivity (Wildman–Crippen MR) is 91.7 cm³/mol. The molecule has 0 saturated carbocycles. The number of carbonyl (C=O) groups excluding carboxylic acids is 2. The maximum absolute atomic E-state index is 12.1. The Bertz CT molecular complexity index is 538. The average molecular weight is 321 g/mol. The Morgan fingerprint density at radius 3 is 2.48 bits per heavy atom. The molecule has 0 radical (unpaired) electrons. The summed E-state index contributed by atoms with van der Waals surface area (Å²) in [6.07, 6.45) is 0.880. The van der Waals surface area contributed by atoms with Gasteiger partial charge in [-0.2, -0.15) is 0 Å². The summed E-state index contributed by atoms with van der Waals surface area (Å²) in [5, 5.41) is 8.15. The lowest BCUT2D eigenvalue weighted by Gasteiger charge is -2.23. The molecule has 1 aromatic carbocycles. The molecule has 0 aliphatic rings. The lowest BCUT2D eigenvalue weighted by molar-refractivity contribution is -0.123. The van der Waals surface area contributed by atoms with Crippen LogP contribution in [0.3, 0.4) is 0 Å². The number of amides is 3. The van der Waals surface area contributed by atoms with Crippen molar-refractivity contribution in [2.75, 3.05) is 11.9 Å². The van der Waals surface area contributed by atoms with Crippen LogP contribution < -0.4 is 20.7 Å². The van der Waals surface area contributed by atoms with Crippen molar-refractivity contribution in [3.63, 3.8) is 0 Å². The zero-order valence-electron chi connectivity index (χ0n) is 14.5. The summed E-state index contributed by atoms with van der Waals surface area (Å²) in [7, 11) is 0. The molecule has 0 aliphatic carbocycles. The summed E-state index contributed by atoms with van der Waals surface area (Å²) in [4.78, 5) is 24.0. The molecule has 1 rings (SSSR count). The van der Waals surface area contributed by atoms with Gasteiger partial charge < -0.3 is 20.7 Å². The van der Waals surface area contributed by atoms with E-state index in [9.17, 15) is 9.59 Å². The number of benzene rings is 1. The summed E-state index contributed by atoms with van der Waals surface area (Å²) in [5.74, 6) is 0.375. The molecule has 1 unspecified atom stereocenters. The minimum atomic E-state index is -0.641. The first-order chi connectivity index (χ1) is 10.7. The average Bonchev–Trinajstić information content (AvgIpc) is 2.44. The SMILES string of the molecule is CCCOc1ccccc1NC(=O)NC(C)C(=O)NC(C)(C)C. The van der Waals surface area contributed by atoms with E-state index in [0.717, 1.165) is 6.42 Å². The van der Waals surface area contributed by atoms with Crippen LogP contribution in [-0.4, -0.2) is 30.1 Å². The van der Waals surface area contributed by atoms with Gasteiger partial charge in [0.1, 0.15) is 11.8 Å². The summed E-state index contributed by atoms with van der Waals surface area (Å²) in [5.41, 5.74) is 0.228. The molecule has 128 valence electrons. The fourth-order valence-electron chi connectivity index (χ4n) is 1.81. The van der Waals surface area contributed by atoms with Crippen LogP contribution in [0.2, 0.25) is 0 Å². The second kappa shape index (κ2) is 8.41. The number of rotatable bonds is 6. The molecule has 23 heavy (non-hydrogen) atoms. The van der Waals surface area contributed by atoms with Crippen molar-refractivity contribution in [2.24, 2.45) is 0 Å². The van der Waals surface area contributed by atoms with E-state index in [-0.39, 0.29) is 11.4 Å². The van der Waals surface area contributed by atoms with E-state index in [1.807, 2.05) is 39.8 Å². The largest absolute Gasteiger partial charge is 0.491 e. The minimum Gasteiger partial charge on any atom is -0.491 e. The summed E-state index contributed by atoms with van der Waals surface area (Å²) in [6.45, 7) is 9.89. The molecule has 0 heterocycles. The van der Waals surface area contributed by atoms with E-state index in [2.05, 4.69) is 16.0 Å². The Kier molecular flexibility index (Phi) is 6.88. The fraction of sp³-hybridized carbons (Fsp3) is 0.529. The standard InChI is InChI=1S/C17H27N3O3/c1-6-11-23-14-10-8-7-9-13(14)19-16(22)18-12(2)15(21)20-17(3,4)5/h7-10,12H,6,11H2,1-5H3,(H,20,21)(H2,18,19,22). The van der Waals surface area contributed by atoms with Crippen molar-refractivity contribution in [3.8, 4) is 5.75 Å². The molecular formula is C17H27N3O3. The van der Waals surface area contributed by atoms with Crippen LogP contribution in [0.25, 0.3) is 0 Å². The monoisotopic (exact) mass is 321 g/mol. The molecule has 1 atom stereocenters. The van der Waals surface area contributed by atoms with Gasteiger partial charge in [0.05, 0.1) is 12.3 Å². The number of anilines is 1. The maximum Gasteiger partial charge on any atom is 0.319 e. The van der Waals surface area contributed by atoms with Crippen LogP contribution in [0.1, 0.15) is 41.0 Å². The first-order valence-electron chi connectivity index (χ1n) is 7.84. The lowest BCUT2D eigenvalue weighted by Crippen LogP contribution is -2.51. The quantitative estimate of drug-likeness (QED) is 0.754. The number of ether oxygens (including phenoxy) is 1. The van der Waals surface area contributed by atoms with Gasteiger partial charge in [0.25, 0.3) is 0 Å². The maximum atomic E-state index is 12.1. The molecule has 0 fully saturated rings. The topological polar surface area (TPSA) is 79.5 Å². The highest BCUT2D eigenvalue weighted by Crippen LogP contribution is 2.23. The highest BCUT2D eigenvalue weighted by Gasteiger charge is 2.20. The molecule has 0 bridgehead atoms. The van der Waals surface area contributed by atoms with Crippen molar-refractivity contribution in [1.29, 1.82) is 0 Å². The van der Waals surface area contributed by atoms with Gasteiger partial charge in [0.2, 0.25) is 5.91 Å². The smallest absolute Gasteiger partial charge is 0.319 e. The van der Waals surface area contributed by atoms with Crippen LogP contribution >= 0.6 is 0 Å². The Morgan fingerprint density at radius 1 is 1.22 bits per heavy atom. The van der Waals surface area contributed by atoms with Crippen LogP contribution in [0, 0.1) is 0 Å². The van der Waals surface area contributed by atoms with Crippen LogP contribution in [0.4, 0.5) is 10.5 Å².